The highest BCUT2D eigenvalue weighted by Gasteiger charge is 2.28. The van der Waals surface area contributed by atoms with E-state index in [2.05, 4.69) is 0 Å². The molecule has 0 bridgehead atoms. The number of aromatic nitrogens is 1. The Morgan fingerprint density at radius 1 is 1.22 bits per heavy atom. The molecule has 0 radical (unpaired) electrons. The van der Waals surface area contributed by atoms with Gasteiger partial charge >= 0.3 is 12.0 Å². The fourth-order valence-electron chi connectivity index (χ4n) is 2.80. The highest BCUT2D eigenvalue weighted by Crippen LogP contribution is 2.26. The number of carbonyl (C=O) groups is 2. The molecule has 142 valence electrons. The standard InChI is InChI=1S/C17H14F2N2O6/c18-10-2-1-9(12(19)3-10)5-20(6-16(24)25)17(26)21-13-8-27-7-11(13)14(22)4-15(21)23/h1-4,22H,5-8H2,(H,24,25). The van der Waals surface area contributed by atoms with Gasteiger partial charge in [0.1, 0.15) is 23.9 Å². The van der Waals surface area contributed by atoms with Crippen LogP contribution in [0.3, 0.4) is 0 Å². The van der Waals surface area contributed by atoms with Crippen LogP contribution < -0.4 is 5.56 Å². The van der Waals surface area contributed by atoms with Gasteiger partial charge in [-0.25, -0.2) is 18.1 Å². The van der Waals surface area contributed by atoms with E-state index in [0.717, 1.165) is 23.1 Å². The van der Waals surface area contributed by atoms with Crippen LogP contribution in [0, 0.1) is 11.6 Å². The molecule has 2 aromatic rings. The second-order valence-electron chi connectivity index (χ2n) is 5.89. The SMILES string of the molecule is O=C(O)CN(Cc1ccc(F)cc1F)C(=O)n1c2c(c(O)cc1=O)COC2. The molecule has 10 heteroatoms. The average molecular weight is 380 g/mol. The molecule has 1 aromatic heterocycles. The molecule has 1 aliphatic rings. The molecule has 2 heterocycles. The first-order valence-corrected chi connectivity index (χ1v) is 7.77. The fraction of sp³-hybridized carbons (Fsp3) is 0.235. The highest BCUT2D eigenvalue weighted by atomic mass is 19.1. The molecule has 0 aliphatic carbocycles. The Hall–Kier alpha value is -3.27. The molecule has 0 atom stereocenters. The topological polar surface area (TPSA) is 109 Å². The van der Waals surface area contributed by atoms with Crippen molar-refractivity contribution in [3.05, 3.63) is 63.1 Å². The largest absolute Gasteiger partial charge is 0.507 e. The Balaban J connectivity index is 2.01. The van der Waals surface area contributed by atoms with Gasteiger partial charge in [0.2, 0.25) is 0 Å². The Bertz CT molecular complexity index is 988. The number of fused-ring (bicyclic) bond motifs is 1. The minimum atomic E-state index is -1.38. The molecule has 8 nitrogen and oxygen atoms in total. The minimum Gasteiger partial charge on any atom is -0.507 e. The lowest BCUT2D eigenvalue weighted by Crippen LogP contribution is -2.43. The minimum absolute atomic E-state index is 0.0136. The maximum absolute atomic E-state index is 13.9. The van der Waals surface area contributed by atoms with Crippen molar-refractivity contribution in [1.29, 1.82) is 0 Å². The number of benzene rings is 1. The van der Waals surface area contributed by atoms with E-state index in [1.54, 1.807) is 0 Å². The van der Waals surface area contributed by atoms with Gasteiger partial charge in [0.15, 0.2) is 0 Å². The summed E-state index contributed by atoms with van der Waals surface area (Å²) in [6, 6.07) is 2.47. The zero-order valence-electron chi connectivity index (χ0n) is 13.8. The predicted molar refractivity (Wildman–Crippen MR) is 86.1 cm³/mol. The lowest BCUT2D eigenvalue weighted by molar-refractivity contribution is -0.137. The van der Waals surface area contributed by atoms with Crippen LogP contribution in [0.5, 0.6) is 5.75 Å². The van der Waals surface area contributed by atoms with E-state index < -0.39 is 42.3 Å². The highest BCUT2D eigenvalue weighted by molar-refractivity contribution is 5.82. The molecule has 2 N–H and O–H groups in total. The third-order valence-corrected chi connectivity index (χ3v) is 4.06. The second-order valence-corrected chi connectivity index (χ2v) is 5.89. The van der Waals surface area contributed by atoms with Crippen LogP contribution in [0.25, 0.3) is 0 Å². The molecule has 0 saturated heterocycles. The van der Waals surface area contributed by atoms with Crippen LogP contribution >= 0.6 is 0 Å². The van der Waals surface area contributed by atoms with E-state index in [4.69, 9.17) is 9.84 Å². The van der Waals surface area contributed by atoms with Crippen molar-refractivity contribution in [1.82, 2.24) is 9.47 Å². The summed E-state index contributed by atoms with van der Waals surface area (Å²) in [5, 5.41) is 18.9. The van der Waals surface area contributed by atoms with E-state index in [-0.39, 0.29) is 35.8 Å². The predicted octanol–water partition coefficient (Wildman–Crippen LogP) is 1.42. The molecule has 0 saturated carbocycles. The summed E-state index contributed by atoms with van der Waals surface area (Å²) in [6.45, 7) is -1.46. The van der Waals surface area contributed by atoms with Crippen molar-refractivity contribution < 1.29 is 33.3 Å². The van der Waals surface area contributed by atoms with Gasteiger partial charge in [0, 0.05) is 23.3 Å². The third-order valence-electron chi connectivity index (χ3n) is 4.06. The van der Waals surface area contributed by atoms with Gasteiger partial charge in [-0.1, -0.05) is 6.07 Å². The summed E-state index contributed by atoms with van der Waals surface area (Å²) in [6.07, 6.45) is 0. The zero-order valence-corrected chi connectivity index (χ0v) is 13.8. The molecule has 27 heavy (non-hydrogen) atoms. The first-order chi connectivity index (χ1) is 12.8. The van der Waals surface area contributed by atoms with Crippen molar-refractivity contribution in [2.24, 2.45) is 0 Å². The maximum atomic E-state index is 13.9. The number of nitrogens with zero attached hydrogens (tertiary/aromatic N) is 2. The quantitative estimate of drug-likeness (QED) is 0.830. The summed E-state index contributed by atoms with van der Waals surface area (Å²) in [5.41, 5.74) is -0.659. The van der Waals surface area contributed by atoms with E-state index in [9.17, 15) is 28.3 Å². The van der Waals surface area contributed by atoms with Crippen LogP contribution in [0.15, 0.2) is 29.1 Å². The Morgan fingerprint density at radius 2 is 1.96 bits per heavy atom. The monoisotopic (exact) mass is 380 g/mol. The maximum Gasteiger partial charge on any atom is 0.332 e. The number of hydrogen-bond acceptors (Lipinski definition) is 5. The Labute approximate surface area is 150 Å². The fourth-order valence-corrected chi connectivity index (χ4v) is 2.80. The number of halogens is 2. The lowest BCUT2D eigenvalue weighted by Gasteiger charge is -2.23. The number of aromatic hydroxyl groups is 1. The normalized spacial score (nSPS) is 12.7. The van der Waals surface area contributed by atoms with Crippen molar-refractivity contribution in [2.75, 3.05) is 6.54 Å². The van der Waals surface area contributed by atoms with Crippen molar-refractivity contribution >= 4 is 12.0 Å². The van der Waals surface area contributed by atoms with Gasteiger partial charge in [-0.2, -0.15) is 0 Å². The first kappa shape index (κ1) is 18.5. The summed E-state index contributed by atoms with van der Waals surface area (Å²) in [5.74, 6) is -3.49. The van der Waals surface area contributed by atoms with Crippen molar-refractivity contribution in [3.8, 4) is 5.75 Å². The van der Waals surface area contributed by atoms with Crippen molar-refractivity contribution in [2.45, 2.75) is 19.8 Å². The number of carbonyl (C=O) groups excluding carboxylic acids is 1. The molecule has 3 rings (SSSR count). The van der Waals surface area contributed by atoms with E-state index in [0.29, 0.717) is 10.6 Å². The number of pyridine rings is 1. The van der Waals surface area contributed by atoms with Crippen LogP contribution in [0.1, 0.15) is 16.8 Å². The number of carboxylic acid groups (broad SMARTS) is 1. The Kier molecular flexibility index (Phi) is 4.91. The van der Waals surface area contributed by atoms with E-state index in [1.807, 2.05) is 0 Å². The first-order valence-electron chi connectivity index (χ1n) is 7.77. The second kappa shape index (κ2) is 7.16. The Morgan fingerprint density at radius 3 is 2.63 bits per heavy atom. The van der Waals surface area contributed by atoms with Gasteiger partial charge in [-0.05, 0) is 6.07 Å². The number of amides is 1. The van der Waals surface area contributed by atoms with Gasteiger partial charge < -0.3 is 19.8 Å². The molecule has 1 amide bonds. The van der Waals surface area contributed by atoms with E-state index in [1.165, 1.54) is 0 Å². The van der Waals surface area contributed by atoms with Gasteiger partial charge in [0.05, 0.1) is 25.5 Å². The van der Waals surface area contributed by atoms with E-state index >= 15 is 0 Å². The molecular weight excluding hydrogens is 366 g/mol. The number of aliphatic carboxylic acids is 1. The third kappa shape index (κ3) is 3.65. The van der Waals surface area contributed by atoms with Gasteiger partial charge in [-0.3, -0.25) is 9.59 Å². The molecule has 1 aliphatic heterocycles. The summed E-state index contributed by atoms with van der Waals surface area (Å²) >= 11 is 0. The average Bonchev–Trinajstić information content (AvgIpc) is 3.05. The number of hydrogen-bond donors (Lipinski definition) is 2. The summed E-state index contributed by atoms with van der Waals surface area (Å²) < 4.78 is 32.8. The van der Waals surface area contributed by atoms with Crippen molar-refractivity contribution in [3.63, 3.8) is 0 Å². The molecule has 0 unspecified atom stereocenters. The van der Waals surface area contributed by atoms with Crippen LogP contribution in [-0.2, 0) is 29.3 Å². The number of rotatable bonds is 4. The summed E-state index contributed by atoms with van der Waals surface area (Å²) in [4.78, 5) is 37.0. The van der Waals surface area contributed by atoms with Gasteiger partial charge in [-0.15, -0.1) is 0 Å². The smallest absolute Gasteiger partial charge is 0.332 e. The summed E-state index contributed by atoms with van der Waals surface area (Å²) in [7, 11) is 0. The lowest BCUT2D eigenvalue weighted by atomic mass is 10.2. The molecule has 1 aromatic carbocycles. The van der Waals surface area contributed by atoms with Crippen LogP contribution in [0.2, 0.25) is 0 Å². The molecular formula is C17H14F2N2O6. The molecule has 0 fully saturated rings. The zero-order chi connectivity index (χ0) is 19.7. The van der Waals surface area contributed by atoms with Gasteiger partial charge in [0.25, 0.3) is 5.56 Å². The van der Waals surface area contributed by atoms with Crippen LogP contribution in [0.4, 0.5) is 13.6 Å². The number of ether oxygens (including phenoxy) is 1. The van der Waals surface area contributed by atoms with Crippen LogP contribution in [-0.4, -0.2) is 38.2 Å². The molecule has 0 spiro atoms. The number of carboxylic acids is 1.